The number of unbranched alkanes of at least 4 members (excludes halogenated alkanes) is 24. The van der Waals surface area contributed by atoms with Crippen molar-refractivity contribution >= 4 is 13.7 Å². The number of likely N-dealkylation sites (N-methyl/N-ethyl adjacent to an activating group) is 1. The van der Waals surface area contributed by atoms with Crippen molar-refractivity contribution in [2.45, 2.75) is 219 Å². The first-order valence-electron chi connectivity index (χ1n) is 24.0. The molecular formula is C49H94N2O6P+. The second-order valence-corrected chi connectivity index (χ2v) is 18.9. The van der Waals surface area contributed by atoms with Crippen LogP contribution < -0.4 is 5.32 Å². The summed E-state index contributed by atoms with van der Waals surface area (Å²) in [6.45, 7) is 4.77. The van der Waals surface area contributed by atoms with Crippen LogP contribution in [0.1, 0.15) is 206 Å². The number of phosphoric ester groups is 1. The number of hydrogen-bond donors (Lipinski definition) is 3. The van der Waals surface area contributed by atoms with E-state index in [-0.39, 0.29) is 19.1 Å². The van der Waals surface area contributed by atoms with Crippen molar-refractivity contribution in [2.24, 2.45) is 0 Å². The zero-order valence-electron chi connectivity index (χ0n) is 38.5. The van der Waals surface area contributed by atoms with E-state index in [1.807, 2.05) is 27.2 Å². The SMILES string of the molecule is CCCCC/C=C\C/C=C\CCCCCCCCCCCC(=O)NC(COP(=O)(O)OCC[N+](C)(C)C)C(O)/C=C/CC/C=C/CCCCCCCCCCCCC. The Balaban J connectivity index is 4.42. The molecule has 0 saturated carbocycles. The van der Waals surface area contributed by atoms with E-state index < -0.39 is 20.0 Å². The van der Waals surface area contributed by atoms with Gasteiger partial charge in [-0.15, -0.1) is 0 Å². The van der Waals surface area contributed by atoms with Gasteiger partial charge in [0.15, 0.2) is 0 Å². The van der Waals surface area contributed by atoms with Crippen molar-refractivity contribution in [3.8, 4) is 0 Å². The monoisotopic (exact) mass is 838 g/mol. The van der Waals surface area contributed by atoms with Gasteiger partial charge in [-0.1, -0.05) is 184 Å². The van der Waals surface area contributed by atoms with E-state index in [9.17, 15) is 19.4 Å². The third-order valence-electron chi connectivity index (χ3n) is 10.5. The van der Waals surface area contributed by atoms with Crippen LogP contribution >= 0.6 is 7.82 Å². The third-order valence-corrected chi connectivity index (χ3v) is 11.5. The predicted molar refractivity (Wildman–Crippen MR) is 249 cm³/mol. The van der Waals surface area contributed by atoms with Crippen LogP contribution in [-0.4, -0.2) is 73.4 Å². The lowest BCUT2D eigenvalue weighted by Crippen LogP contribution is -2.45. The zero-order valence-corrected chi connectivity index (χ0v) is 39.4. The number of nitrogens with zero attached hydrogens (tertiary/aromatic N) is 1. The van der Waals surface area contributed by atoms with Crippen molar-refractivity contribution in [1.82, 2.24) is 5.32 Å². The highest BCUT2D eigenvalue weighted by Gasteiger charge is 2.27. The van der Waals surface area contributed by atoms with Crippen LogP contribution in [0.25, 0.3) is 0 Å². The maximum atomic E-state index is 12.9. The summed E-state index contributed by atoms with van der Waals surface area (Å²) < 4.78 is 23.6. The maximum Gasteiger partial charge on any atom is 0.472 e. The van der Waals surface area contributed by atoms with E-state index in [0.29, 0.717) is 17.4 Å². The first-order chi connectivity index (χ1) is 28.0. The normalized spacial score (nSPS) is 14.7. The highest BCUT2D eigenvalue weighted by molar-refractivity contribution is 7.47. The predicted octanol–water partition coefficient (Wildman–Crippen LogP) is 13.6. The molecule has 0 aromatic rings. The Kier molecular flexibility index (Phi) is 39.8. The molecule has 0 radical (unpaired) electrons. The summed E-state index contributed by atoms with van der Waals surface area (Å²) in [4.78, 5) is 23.2. The van der Waals surface area contributed by atoms with Crippen LogP contribution in [-0.2, 0) is 18.4 Å². The molecule has 0 saturated heterocycles. The van der Waals surface area contributed by atoms with Gasteiger partial charge in [0.1, 0.15) is 13.2 Å². The van der Waals surface area contributed by atoms with Gasteiger partial charge in [-0.3, -0.25) is 13.8 Å². The van der Waals surface area contributed by atoms with Gasteiger partial charge in [0.2, 0.25) is 5.91 Å². The van der Waals surface area contributed by atoms with Gasteiger partial charge >= 0.3 is 7.82 Å². The highest BCUT2D eigenvalue weighted by atomic mass is 31.2. The van der Waals surface area contributed by atoms with Crippen molar-refractivity contribution in [3.05, 3.63) is 48.6 Å². The fourth-order valence-electron chi connectivity index (χ4n) is 6.67. The molecule has 3 unspecified atom stereocenters. The van der Waals surface area contributed by atoms with Crippen LogP contribution in [0.2, 0.25) is 0 Å². The summed E-state index contributed by atoms with van der Waals surface area (Å²) in [5, 5.41) is 13.8. The quantitative estimate of drug-likeness (QED) is 0.0244. The number of carbonyl (C=O) groups excluding carboxylic acids is 1. The van der Waals surface area contributed by atoms with Gasteiger partial charge in [-0.2, -0.15) is 0 Å². The molecule has 0 aliphatic heterocycles. The third kappa shape index (κ3) is 42.6. The van der Waals surface area contributed by atoms with Crippen molar-refractivity contribution in [1.29, 1.82) is 0 Å². The Morgan fingerprint density at radius 3 is 1.52 bits per heavy atom. The highest BCUT2D eigenvalue weighted by Crippen LogP contribution is 2.43. The molecule has 0 aromatic carbocycles. The van der Waals surface area contributed by atoms with E-state index in [1.165, 1.54) is 141 Å². The Labute approximate surface area is 359 Å². The van der Waals surface area contributed by atoms with Crippen LogP contribution in [0.4, 0.5) is 0 Å². The lowest BCUT2D eigenvalue weighted by Gasteiger charge is -2.25. The summed E-state index contributed by atoms with van der Waals surface area (Å²) in [5.74, 6) is -0.192. The minimum atomic E-state index is -4.35. The number of phosphoric acid groups is 1. The van der Waals surface area contributed by atoms with Crippen LogP contribution in [0.5, 0.6) is 0 Å². The summed E-state index contributed by atoms with van der Waals surface area (Å²) in [7, 11) is 1.55. The topological polar surface area (TPSA) is 105 Å². The minimum Gasteiger partial charge on any atom is -0.387 e. The van der Waals surface area contributed by atoms with Gasteiger partial charge < -0.3 is 19.8 Å². The van der Waals surface area contributed by atoms with Crippen molar-refractivity contribution in [3.63, 3.8) is 0 Å². The molecule has 0 aromatic heterocycles. The number of amides is 1. The molecule has 8 nitrogen and oxygen atoms in total. The van der Waals surface area contributed by atoms with Crippen molar-refractivity contribution in [2.75, 3.05) is 40.9 Å². The van der Waals surface area contributed by atoms with E-state index in [1.54, 1.807) is 6.08 Å². The summed E-state index contributed by atoms with van der Waals surface area (Å²) in [6, 6.07) is -0.865. The average Bonchev–Trinajstić information content (AvgIpc) is 3.17. The molecule has 0 fully saturated rings. The number of allylic oxidation sites excluding steroid dienone is 7. The number of aliphatic hydroxyl groups is 1. The Hall–Kier alpha value is -1.54. The van der Waals surface area contributed by atoms with E-state index >= 15 is 0 Å². The number of rotatable bonds is 43. The van der Waals surface area contributed by atoms with Gasteiger partial charge in [-0.05, 0) is 64.2 Å². The molecule has 0 bridgehead atoms. The number of nitrogens with one attached hydrogen (secondary N) is 1. The maximum absolute atomic E-state index is 12.9. The number of aliphatic hydroxyl groups excluding tert-OH is 1. The minimum absolute atomic E-state index is 0.0543. The van der Waals surface area contributed by atoms with Gasteiger partial charge in [0, 0.05) is 6.42 Å². The van der Waals surface area contributed by atoms with Gasteiger partial charge in [0.25, 0.3) is 0 Å². The van der Waals surface area contributed by atoms with E-state index in [4.69, 9.17) is 9.05 Å². The zero-order chi connectivity index (χ0) is 42.8. The molecule has 0 aliphatic carbocycles. The first kappa shape index (κ1) is 56.5. The fourth-order valence-corrected chi connectivity index (χ4v) is 7.41. The molecule has 0 rings (SSSR count). The summed E-state index contributed by atoms with van der Waals surface area (Å²) in [6.07, 6.45) is 51.8. The molecule has 3 atom stereocenters. The summed E-state index contributed by atoms with van der Waals surface area (Å²) >= 11 is 0. The molecule has 0 aliphatic rings. The standard InChI is InChI=1S/C49H93N2O6P/c1-6-8-10-12-14-16-18-20-22-24-25-27-29-31-33-35-37-39-41-43-49(53)50-47(46-57-58(54,55)56-45-44-51(3,4)5)48(52)42-40-38-36-34-32-30-28-26-23-21-19-17-15-13-11-9-7-2/h14,16,20,22,32,34,40,42,47-48,52H,6-13,15,17-19,21,23-31,33,35-39,41,43-46H2,1-5H3,(H-,50,53,54,55)/p+1/b16-14-,22-20-,34-32+,42-40+. The Bertz CT molecular complexity index is 1090. The number of quaternary nitrogens is 1. The summed E-state index contributed by atoms with van der Waals surface area (Å²) in [5.41, 5.74) is 0. The average molecular weight is 838 g/mol. The lowest BCUT2D eigenvalue weighted by atomic mass is 10.0. The Morgan fingerprint density at radius 2 is 1.00 bits per heavy atom. The molecule has 3 N–H and O–H groups in total. The fraction of sp³-hybridized carbons (Fsp3) is 0.816. The smallest absolute Gasteiger partial charge is 0.387 e. The number of carbonyl (C=O) groups is 1. The lowest BCUT2D eigenvalue weighted by molar-refractivity contribution is -0.870. The molecule has 58 heavy (non-hydrogen) atoms. The first-order valence-corrected chi connectivity index (χ1v) is 25.5. The molecule has 1 amide bonds. The number of hydrogen-bond acceptors (Lipinski definition) is 5. The van der Waals surface area contributed by atoms with Crippen LogP contribution in [0.3, 0.4) is 0 Å². The van der Waals surface area contributed by atoms with E-state index in [2.05, 4.69) is 55.6 Å². The van der Waals surface area contributed by atoms with Crippen LogP contribution in [0.15, 0.2) is 48.6 Å². The van der Waals surface area contributed by atoms with E-state index in [0.717, 1.165) is 44.9 Å². The molecular weight excluding hydrogens is 744 g/mol. The molecule has 0 heterocycles. The second kappa shape index (κ2) is 40.8. The second-order valence-electron chi connectivity index (χ2n) is 17.5. The molecule has 0 spiro atoms. The molecule has 9 heteroatoms. The van der Waals surface area contributed by atoms with Gasteiger partial charge in [-0.25, -0.2) is 4.57 Å². The molecule has 340 valence electrons. The van der Waals surface area contributed by atoms with Crippen molar-refractivity contribution < 1.29 is 32.9 Å². The van der Waals surface area contributed by atoms with Crippen LogP contribution in [0, 0.1) is 0 Å². The van der Waals surface area contributed by atoms with Gasteiger partial charge in [0.05, 0.1) is 39.9 Å². The largest absolute Gasteiger partial charge is 0.472 e. The Morgan fingerprint density at radius 1 is 0.586 bits per heavy atom.